The molecule has 0 amide bonds. The second-order valence-corrected chi connectivity index (χ2v) is 3.69. The lowest BCUT2D eigenvalue weighted by molar-refractivity contribution is 0.197. The normalized spacial score (nSPS) is 19.7. The van der Waals surface area contributed by atoms with Gasteiger partial charge >= 0.3 is 0 Å². The van der Waals surface area contributed by atoms with Crippen LogP contribution < -0.4 is 0 Å². The van der Waals surface area contributed by atoms with E-state index in [2.05, 4.69) is 37.0 Å². The van der Waals surface area contributed by atoms with Crippen LogP contribution in [0.3, 0.4) is 0 Å². The van der Waals surface area contributed by atoms with Crippen LogP contribution in [0.5, 0.6) is 0 Å². The number of aryl methyl sites for hydroxylation is 1. The molecule has 1 unspecified atom stereocenters. The lowest BCUT2D eigenvalue weighted by atomic mass is 10.0. The molecule has 0 saturated heterocycles. The third-order valence-electron chi connectivity index (χ3n) is 2.66. The molecule has 0 N–H and O–H groups in total. The zero-order valence-electron chi connectivity index (χ0n) is 8.66. The highest BCUT2D eigenvalue weighted by Gasteiger charge is 2.14. The maximum Gasteiger partial charge on any atom is 0.174 e. The van der Waals surface area contributed by atoms with E-state index in [-0.39, 0.29) is 6.10 Å². The van der Waals surface area contributed by atoms with Crippen LogP contribution in [0.15, 0.2) is 23.2 Å². The number of para-hydroxylation sites is 1. The van der Waals surface area contributed by atoms with Crippen molar-refractivity contribution in [1.29, 1.82) is 0 Å². The van der Waals surface area contributed by atoms with Gasteiger partial charge in [0.05, 0.1) is 5.69 Å². The number of hydrogen-bond donors (Lipinski definition) is 0. The van der Waals surface area contributed by atoms with Crippen molar-refractivity contribution < 1.29 is 4.74 Å². The summed E-state index contributed by atoms with van der Waals surface area (Å²) in [6.45, 7) is 4.22. The first-order valence-corrected chi connectivity index (χ1v) is 5.07. The van der Waals surface area contributed by atoms with Crippen molar-refractivity contribution in [1.82, 2.24) is 0 Å². The standard InChI is InChI=1S/C12H15NO/c1-3-11-7-10-6-4-5-9(2)12(10)13-8-14-11/h4-6,8,11H,3,7H2,1-2H3. The van der Waals surface area contributed by atoms with Crippen LogP contribution in [0.1, 0.15) is 24.5 Å². The number of rotatable bonds is 1. The van der Waals surface area contributed by atoms with Gasteiger partial charge in [-0.2, -0.15) is 0 Å². The molecule has 1 aliphatic rings. The van der Waals surface area contributed by atoms with Crippen LogP contribution in [0.25, 0.3) is 0 Å². The number of benzene rings is 1. The number of fused-ring (bicyclic) bond motifs is 1. The van der Waals surface area contributed by atoms with Crippen molar-refractivity contribution in [2.24, 2.45) is 4.99 Å². The van der Waals surface area contributed by atoms with E-state index in [0.717, 1.165) is 18.5 Å². The van der Waals surface area contributed by atoms with Gasteiger partial charge in [0.2, 0.25) is 0 Å². The predicted molar refractivity (Wildman–Crippen MR) is 58.2 cm³/mol. The van der Waals surface area contributed by atoms with Gasteiger partial charge in [-0.3, -0.25) is 0 Å². The Labute approximate surface area is 84.6 Å². The van der Waals surface area contributed by atoms with Crippen molar-refractivity contribution in [2.45, 2.75) is 32.8 Å². The van der Waals surface area contributed by atoms with Gasteiger partial charge in [0.1, 0.15) is 6.10 Å². The molecule has 1 aliphatic heterocycles. The third-order valence-corrected chi connectivity index (χ3v) is 2.66. The second kappa shape index (κ2) is 3.82. The Morgan fingerprint density at radius 3 is 3.14 bits per heavy atom. The quantitative estimate of drug-likeness (QED) is 0.665. The first-order chi connectivity index (χ1) is 6.81. The molecule has 1 heterocycles. The van der Waals surface area contributed by atoms with E-state index >= 15 is 0 Å². The van der Waals surface area contributed by atoms with E-state index in [9.17, 15) is 0 Å². The molecule has 0 spiro atoms. The summed E-state index contributed by atoms with van der Waals surface area (Å²) >= 11 is 0. The largest absolute Gasteiger partial charge is 0.480 e. The molecule has 0 aromatic heterocycles. The summed E-state index contributed by atoms with van der Waals surface area (Å²) in [5, 5.41) is 0. The Balaban J connectivity index is 2.40. The molecule has 1 aromatic carbocycles. The number of nitrogens with zero attached hydrogens (tertiary/aromatic N) is 1. The predicted octanol–water partition coefficient (Wildman–Crippen LogP) is 3.01. The van der Waals surface area contributed by atoms with Crippen molar-refractivity contribution in [3.8, 4) is 0 Å². The summed E-state index contributed by atoms with van der Waals surface area (Å²) in [6, 6.07) is 6.31. The molecule has 2 rings (SSSR count). The summed E-state index contributed by atoms with van der Waals surface area (Å²) < 4.78 is 5.50. The van der Waals surface area contributed by atoms with E-state index in [0.29, 0.717) is 0 Å². The molecular weight excluding hydrogens is 174 g/mol. The first-order valence-electron chi connectivity index (χ1n) is 5.07. The summed E-state index contributed by atoms with van der Waals surface area (Å²) in [5.41, 5.74) is 3.60. The zero-order valence-corrected chi connectivity index (χ0v) is 8.66. The Morgan fingerprint density at radius 2 is 2.36 bits per heavy atom. The van der Waals surface area contributed by atoms with Gasteiger partial charge in [-0.05, 0) is 24.5 Å². The highest BCUT2D eigenvalue weighted by Crippen LogP contribution is 2.27. The molecule has 74 valence electrons. The highest BCUT2D eigenvalue weighted by atomic mass is 16.5. The van der Waals surface area contributed by atoms with E-state index < -0.39 is 0 Å². The minimum absolute atomic E-state index is 0.279. The van der Waals surface area contributed by atoms with Crippen molar-refractivity contribution in [2.75, 3.05) is 0 Å². The van der Waals surface area contributed by atoms with Crippen LogP contribution in [-0.2, 0) is 11.2 Å². The maximum atomic E-state index is 5.50. The highest BCUT2D eigenvalue weighted by molar-refractivity contribution is 5.63. The molecular formula is C12H15NO. The summed E-state index contributed by atoms with van der Waals surface area (Å²) in [6.07, 6.45) is 3.86. The van der Waals surface area contributed by atoms with E-state index in [1.807, 2.05) is 0 Å². The smallest absolute Gasteiger partial charge is 0.174 e. The maximum absolute atomic E-state index is 5.50. The Hall–Kier alpha value is -1.31. The average molecular weight is 189 g/mol. The van der Waals surface area contributed by atoms with Gasteiger partial charge in [-0.25, -0.2) is 4.99 Å². The van der Waals surface area contributed by atoms with Gasteiger partial charge in [-0.1, -0.05) is 25.1 Å². The fraction of sp³-hybridized carbons (Fsp3) is 0.417. The summed E-state index contributed by atoms with van der Waals surface area (Å²) in [5.74, 6) is 0. The van der Waals surface area contributed by atoms with Crippen LogP contribution >= 0.6 is 0 Å². The van der Waals surface area contributed by atoms with Gasteiger partial charge in [0.15, 0.2) is 6.40 Å². The van der Waals surface area contributed by atoms with E-state index in [4.69, 9.17) is 4.74 Å². The molecule has 2 heteroatoms. The van der Waals surface area contributed by atoms with Crippen LogP contribution in [0.2, 0.25) is 0 Å². The van der Waals surface area contributed by atoms with Crippen molar-refractivity contribution >= 4 is 12.1 Å². The number of aliphatic imine (C=N–C) groups is 1. The van der Waals surface area contributed by atoms with Crippen LogP contribution in [-0.4, -0.2) is 12.5 Å². The van der Waals surface area contributed by atoms with Gasteiger partial charge in [-0.15, -0.1) is 0 Å². The van der Waals surface area contributed by atoms with Crippen molar-refractivity contribution in [3.63, 3.8) is 0 Å². The SMILES string of the molecule is CCC1Cc2cccc(C)c2N=CO1. The fourth-order valence-corrected chi connectivity index (χ4v) is 1.77. The monoisotopic (exact) mass is 189 g/mol. The molecule has 0 saturated carbocycles. The van der Waals surface area contributed by atoms with Gasteiger partial charge in [0.25, 0.3) is 0 Å². The van der Waals surface area contributed by atoms with Crippen LogP contribution in [0, 0.1) is 6.92 Å². The Kier molecular flexibility index (Phi) is 2.53. The Morgan fingerprint density at radius 1 is 1.50 bits per heavy atom. The van der Waals surface area contributed by atoms with Crippen LogP contribution in [0.4, 0.5) is 5.69 Å². The minimum atomic E-state index is 0.279. The lowest BCUT2D eigenvalue weighted by Gasteiger charge is -2.11. The molecule has 1 atom stereocenters. The molecule has 0 radical (unpaired) electrons. The van der Waals surface area contributed by atoms with Crippen molar-refractivity contribution in [3.05, 3.63) is 29.3 Å². The molecule has 14 heavy (non-hydrogen) atoms. The topological polar surface area (TPSA) is 21.6 Å². The molecule has 0 fully saturated rings. The number of hydrogen-bond acceptors (Lipinski definition) is 2. The van der Waals surface area contributed by atoms with Gasteiger partial charge in [0, 0.05) is 6.42 Å². The third kappa shape index (κ3) is 1.65. The summed E-state index contributed by atoms with van der Waals surface area (Å²) in [7, 11) is 0. The lowest BCUT2D eigenvalue weighted by Crippen LogP contribution is -2.12. The first kappa shape index (κ1) is 9.25. The average Bonchev–Trinajstić information content (AvgIpc) is 2.40. The molecule has 2 nitrogen and oxygen atoms in total. The van der Waals surface area contributed by atoms with E-state index in [1.165, 1.54) is 11.1 Å². The second-order valence-electron chi connectivity index (χ2n) is 3.69. The Bertz CT molecular complexity index is 357. The van der Waals surface area contributed by atoms with E-state index in [1.54, 1.807) is 6.40 Å². The summed E-state index contributed by atoms with van der Waals surface area (Å²) in [4.78, 5) is 4.34. The fourth-order valence-electron chi connectivity index (χ4n) is 1.77. The minimum Gasteiger partial charge on any atom is -0.480 e. The molecule has 1 aromatic rings. The molecule has 0 aliphatic carbocycles. The molecule has 0 bridgehead atoms. The van der Waals surface area contributed by atoms with Gasteiger partial charge < -0.3 is 4.74 Å². The zero-order chi connectivity index (χ0) is 9.97. The number of ether oxygens (including phenoxy) is 1.